The quantitative estimate of drug-likeness (QED) is 0.539. The molecule has 0 fully saturated rings. The number of hydrogen-bond donors (Lipinski definition) is 1. The standard InChI is InChI=1S/C12H7BFNO2/c13-6-3-10(17-5-6)11-8-2-1-7(14)4-9(8)15-12(11)16/h1-4H,5H2,(H,15,16)/b11-10+. The van der Waals surface area contributed by atoms with Crippen LogP contribution in [-0.2, 0) is 9.53 Å². The summed E-state index contributed by atoms with van der Waals surface area (Å²) in [5.41, 5.74) is 2.06. The maximum absolute atomic E-state index is 13.0. The maximum Gasteiger partial charge on any atom is 0.260 e. The van der Waals surface area contributed by atoms with E-state index in [1.54, 1.807) is 12.1 Å². The summed E-state index contributed by atoms with van der Waals surface area (Å²) in [6.07, 6.45) is 1.62. The molecule has 5 heteroatoms. The van der Waals surface area contributed by atoms with Crippen molar-refractivity contribution in [1.82, 2.24) is 0 Å². The van der Waals surface area contributed by atoms with E-state index in [0.717, 1.165) is 0 Å². The molecule has 2 aliphatic heterocycles. The number of carbonyl (C=O) groups is 1. The Morgan fingerprint density at radius 3 is 2.94 bits per heavy atom. The van der Waals surface area contributed by atoms with E-state index in [1.807, 2.05) is 0 Å². The Kier molecular flexibility index (Phi) is 2.08. The van der Waals surface area contributed by atoms with Gasteiger partial charge in [-0.1, -0.05) is 5.47 Å². The third-order valence-electron chi connectivity index (χ3n) is 2.68. The van der Waals surface area contributed by atoms with Crippen LogP contribution in [0.5, 0.6) is 0 Å². The number of carbonyl (C=O) groups excluding carboxylic acids is 1. The van der Waals surface area contributed by atoms with Crippen LogP contribution in [0.2, 0.25) is 0 Å². The Morgan fingerprint density at radius 1 is 1.41 bits per heavy atom. The molecule has 1 N–H and O–H groups in total. The number of fused-ring (bicyclic) bond motifs is 1. The van der Waals surface area contributed by atoms with Crippen LogP contribution in [0.15, 0.2) is 35.5 Å². The minimum Gasteiger partial charge on any atom is -0.489 e. The fourth-order valence-electron chi connectivity index (χ4n) is 1.95. The highest BCUT2D eigenvalue weighted by Gasteiger charge is 2.29. The molecule has 0 aliphatic carbocycles. The number of ether oxygens (including phenoxy) is 1. The Morgan fingerprint density at radius 2 is 2.24 bits per heavy atom. The average molecular weight is 227 g/mol. The highest BCUT2D eigenvalue weighted by Crippen LogP contribution is 2.36. The monoisotopic (exact) mass is 227 g/mol. The molecule has 82 valence electrons. The van der Waals surface area contributed by atoms with Crippen molar-refractivity contribution < 1.29 is 13.9 Å². The molecule has 0 aromatic heterocycles. The van der Waals surface area contributed by atoms with Crippen molar-refractivity contribution in [3.63, 3.8) is 0 Å². The highest BCUT2D eigenvalue weighted by molar-refractivity contribution is 6.32. The summed E-state index contributed by atoms with van der Waals surface area (Å²) in [6.45, 7) is 0.280. The summed E-state index contributed by atoms with van der Waals surface area (Å²) >= 11 is 0. The van der Waals surface area contributed by atoms with Gasteiger partial charge < -0.3 is 10.1 Å². The lowest BCUT2D eigenvalue weighted by Gasteiger charge is -2.02. The number of rotatable bonds is 0. The van der Waals surface area contributed by atoms with Gasteiger partial charge in [-0.05, 0) is 24.3 Å². The molecule has 0 spiro atoms. The average Bonchev–Trinajstić information content (AvgIpc) is 2.80. The number of benzene rings is 1. The normalized spacial score (nSPS) is 21.9. The summed E-state index contributed by atoms with van der Waals surface area (Å²) in [4.78, 5) is 11.8. The highest BCUT2D eigenvalue weighted by atomic mass is 19.1. The van der Waals surface area contributed by atoms with E-state index >= 15 is 0 Å². The summed E-state index contributed by atoms with van der Waals surface area (Å²) in [7, 11) is 5.59. The topological polar surface area (TPSA) is 38.3 Å². The van der Waals surface area contributed by atoms with E-state index in [1.165, 1.54) is 12.1 Å². The van der Waals surface area contributed by atoms with E-state index < -0.39 is 5.82 Å². The van der Waals surface area contributed by atoms with Gasteiger partial charge in [0.25, 0.3) is 5.91 Å². The second kappa shape index (κ2) is 3.48. The Labute approximate surface area is 98.4 Å². The van der Waals surface area contributed by atoms with Crippen LogP contribution < -0.4 is 5.32 Å². The van der Waals surface area contributed by atoms with E-state index in [-0.39, 0.29) is 12.5 Å². The number of allylic oxidation sites excluding steroid dienone is 1. The third kappa shape index (κ3) is 1.55. The number of nitrogens with one attached hydrogen (secondary N) is 1. The maximum atomic E-state index is 13.0. The predicted octanol–water partition coefficient (Wildman–Crippen LogP) is 1.57. The van der Waals surface area contributed by atoms with Crippen molar-refractivity contribution in [2.75, 3.05) is 11.9 Å². The summed E-state index contributed by atoms with van der Waals surface area (Å²) < 4.78 is 18.3. The fraction of sp³-hybridized carbons (Fsp3) is 0.0833. The minimum absolute atomic E-state index is 0.280. The Bertz CT molecular complexity index is 592. The third-order valence-corrected chi connectivity index (χ3v) is 2.68. The van der Waals surface area contributed by atoms with E-state index in [9.17, 15) is 9.18 Å². The number of amides is 1. The molecule has 2 aliphatic rings. The second-order valence-electron chi connectivity index (χ2n) is 3.89. The largest absolute Gasteiger partial charge is 0.489 e. The van der Waals surface area contributed by atoms with Gasteiger partial charge in [-0.15, -0.1) is 0 Å². The fourth-order valence-corrected chi connectivity index (χ4v) is 1.95. The molecule has 0 atom stereocenters. The zero-order valence-corrected chi connectivity index (χ0v) is 8.79. The molecule has 0 saturated carbocycles. The van der Waals surface area contributed by atoms with Crippen LogP contribution >= 0.6 is 0 Å². The van der Waals surface area contributed by atoms with Gasteiger partial charge in [0.15, 0.2) is 0 Å². The van der Waals surface area contributed by atoms with Gasteiger partial charge >= 0.3 is 0 Å². The van der Waals surface area contributed by atoms with Crippen molar-refractivity contribution in [2.24, 2.45) is 0 Å². The van der Waals surface area contributed by atoms with Gasteiger partial charge in [0.1, 0.15) is 26.0 Å². The van der Waals surface area contributed by atoms with Gasteiger partial charge in [0, 0.05) is 5.56 Å². The molecular formula is C12H7BFNO2. The summed E-state index contributed by atoms with van der Waals surface area (Å²) in [6, 6.07) is 4.14. The van der Waals surface area contributed by atoms with Crippen LogP contribution in [0.3, 0.4) is 0 Å². The van der Waals surface area contributed by atoms with Gasteiger partial charge in [-0.25, -0.2) is 4.39 Å². The molecule has 0 bridgehead atoms. The van der Waals surface area contributed by atoms with Crippen LogP contribution in [0.25, 0.3) is 5.57 Å². The van der Waals surface area contributed by atoms with Crippen LogP contribution in [0.4, 0.5) is 10.1 Å². The molecule has 1 aromatic rings. The molecule has 3 rings (SSSR count). The van der Waals surface area contributed by atoms with Gasteiger partial charge in [-0.3, -0.25) is 4.79 Å². The molecule has 1 aromatic carbocycles. The molecule has 3 nitrogen and oxygen atoms in total. The van der Waals surface area contributed by atoms with Crippen LogP contribution in [0.1, 0.15) is 5.56 Å². The number of halogens is 1. The zero-order valence-electron chi connectivity index (χ0n) is 8.79. The molecule has 2 radical (unpaired) electrons. The van der Waals surface area contributed by atoms with Crippen molar-refractivity contribution in [1.29, 1.82) is 0 Å². The first kappa shape index (κ1) is 10.1. The smallest absolute Gasteiger partial charge is 0.260 e. The minimum atomic E-state index is -0.391. The number of anilines is 1. The Hall–Kier alpha value is -2.04. The molecular weight excluding hydrogens is 220 g/mol. The molecule has 0 saturated heterocycles. The van der Waals surface area contributed by atoms with E-state index in [2.05, 4.69) is 5.32 Å². The van der Waals surface area contributed by atoms with Gasteiger partial charge in [0.2, 0.25) is 0 Å². The molecule has 0 unspecified atom stereocenters. The lowest BCUT2D eigenvalue weighted by Crippen LogP contribution is -2.05. The van der Waals surface area contributed by atoms with Crippen LogP contribution in [0, 0.1) is 5.82 Å². The first-order valence-corrected chi connectivity index (χ1v) is 5.09. The molecule has 2 heterocycles. The lowest BCUT2D eigenvalue weighted by molar-refractivity contribution is -0.110. The van der Waals surface area contributed by atoms with Crippen molar-refractivity contribution in [3.05, 3.63) is 46.9 Å². The summed E-state index contributed by atoms with van der Waals surface area (Å²) in [5.74, 6) is -0.255. The van der Waals surface area contributed by atoms with E-state index in [4.69, 9.17) is 12.6 Å². The summed E-state index contributed by atoms with van der Waals surface area (Å²) in [5, 5.41) is 2.59. The first-order valence-electron chi connectivity index (χ1n) is 5.09. The van der Waals surface area contributed by atoms with Crippen LogP contribution in [-0.4, -0.2) is 20.4 Å². The molecule has 17 heavy (non-hydrogen) atoms. The van der Waals surface area contributed by atoms with Gasteiger partial charge in [0.05, 0.1) is 11.3 Å². The zero-order chi connectivity index (χ0) is 12.0. The van der Waals surface area contributed by atoms with E-state index in [0.29, 0.717) is 28.1 Å². The predicted molar refractivity (Wildman–Crippen MR) is 61.7 cm³/mol. The lowest BCUT2D eigenvalue weighted by atomic mass is 9.96. The first-order chi connectivity index (χ1) is 8.15. The van der Waals surface area contributed by atoms with Crippen molar-refractivity contribution in [3.8, 4) is 0 Å². The van der Waals surface area contributed by atoms with Crippen molar-refractivity contribution in [2.45, 2.75) is 0 Å². The van der Waals surface area contributed by atoms with Gasteiger partial charge in [-0.2, -0.15) is 0 Å². The van der Waals surface area contributed by atoms with Crippen molar-refractivity contribution >= 4 is 25.0 Å². The molecule has 1 amide bonds. The Balaban J connectivity index is 2.18. The number of hydrogen-bond acceptors (Lipinski definition) is 2. The SMILES string of the molecule is [B]C1=C/C(=C2\C(=O)Nc3cc(F)ccc32)OC1. The second-order valence-corrected chi connectivity index (χ2v) is 3.89.